The van der Waals surface area contributed by atoms with Gasteiger partial charge in [-0.15, -0.1) is 0 Å². The monoisotopic (exact) mass is 166 g/mol. The molecule has 2 atom stereocenters. The van der Waals surface area contributed by atoms with Crippen molar-refractivity contribution < 1.29 is 13.9 Å². The van der Waals surface area contributed by atoms with E-state index in [4.69, 9.17) is 11.6 Å². The first-order valence-electron chi connectivity index (χ1n) is 3.12. The number of carbonyl (C=O) groups is 1. The van der Waals surface area contributed by atoms with Gasteiger partial charge in [0.25, 0.3) is 0 Å². The minimum Gasteiger partial charge on any atom is -0.466 e. The van der Waals surface area contributed by atoms with Gasteiger partial charge in [0.2, 0.25) is 0 Å². The third kappa shape index (κ3) is 1.40. The van der Waals surface area contributed by atoms with Crippen LogP contribution >= 0.6 is 11.6 Å². The van der Waals surface area contributed by atoms with Crippen molar-refractivity contribution in [3.63, 3.8) is 0 Å². The van der Waals surface area contributed by atoms with E-state index in [9.17, 15) is 9.18 Å². The molecule has 0 aromatic carbocycles. The van der Waals surface area contributed by atoms with Crippen molar-refractivity contribution in [1.82, 2.24) is 0 Å². The standard InChI is InChI=1S/C6H8ClFO2/c1-2-10-5(9)4-3-6(4,7)8/h4H,2-3H2,1H3/t4-,6-/m0/s1. The minimum atomic E-state index is -1.81. The highest BCUT2D eigenvalue weighted by Crippen LogP contribution is 2.51. The Kier molecular flexibility index (Phi) is 1.86. The summed E-state index contributed by atoms with van der Waals surface area (Å²) in [6, 6.07) is 0. The second-order valence-electron chi connectivity index (χ2n) is 2.27. The molecule has 58 valence electrons. The number of alkyl halides is 2. The van der Waals surface area contributed by atoms with Crippen molar-refractivity contribution in [2.24, 2.45) is 5.92 Å². The third-order valence-corrected chi connectivity index (χ3v) is 1.81. The molecule has 2 nitrogen and oxygen atoms in total. The summed E-state index contributed by atoms with van der Waals surface area (Å²) in [6.45, 7) is 1.96. The summed E-state index contributed by atoms with van der Waals surface area (Å²) < 4.78 is 17.0. The summed E-state index contributed by atoms with van der Waals surface area (Å²) in [5.74, 6) is -1.26. The SMILES string of the molecule is CCOC(=O)[C@@H]1C[C@@]1(F)Cl. The highest BCUT2D eigenvalue weighted by atomic mass is 35.5. The van der Waals surface area contributed by atoms with Crippen LogP contribution in [0.3, 0.4) is 0 Å². The lowest BCUT2D eigenvalue weighted by molar-refractivity contribution is -0.145. The number of hydrogen-bond donors (Lipinski definition) is 0. The summed E-state index contributed by atoms with van der Waals surface area (Å²) >= 11 is 5.17. The first-order valence-corrected chi connectivity index (χ1v) is 3.50. The van der Waals surface area contributed by atoms with Crippen LogP contribution in [0.2, 0.25) is 0 Å². The van der Waals surface area contributed by atoms with Gasteiger partial charge in [-0.1, -0.05) is 11.6 Å². The average Bonchev–Trinajstić information content (AvgIpc) is 2.41. The fourth-order valence-electron chi connectivity index (χ4n) is 0.712. The third-order valence-electron chi connectivity index (χ3n) is 1.40. The largest absolute Gasteiger partial charge is 0.466 e. The van der Waals surface area contributed by atoms with Crippen molar-refractivity contribution >= 4 is 17.6 Å². The van der Waals surface area contributed by atoms with Crippen LogP contribution in [0.25, 0.3) is 0 Å². The number of rotatable bonds is 2. The number of hydrogen-bond acceptors (Lipinski definition) is 2. The van der Waals surface area contributed by atoms with Crippen LogP contribution in [-0.4, -0.2) is 17.7 Å². The van der Waals surface area contributed by atoms with Gasteiger partial charge in [0.05, 0.1) is 6.61 Å². The van der Waals surface area contributed by atoms with E-state index in [0.717, 1.165) is 0 Å². The van der Waals surface area contributed by atoms with Gasteiger partial charge < -0.3 is 4.74 Å². The van der Waals surface area contributed by atoms with E-state index in [1.807, 2.05) is 0 Å². The molecule has 1 aliphatic carbocycles. The van der Waals surface area contributed by atoms with Gasteiger partial charge in [0.1, 0.15) is 5.92 Å². The molecule has 0 aromatic heterocycles. The molecule has 0 saturated heterocycles. The molecule has 1 saturated carbocycles. The first-order chi connectivity index (χ1) is 4.58. The van der Waals surface area contributed by atoms with Crippen LogP contribution in [0.15, 0.2) is 0 Å². The molecule has 1 rings (SSSR count). The number of carbonyl (C=O) groups excluding carboxylic acids is 1. The smallest absolute Gasteiger partial charge is 0.313 e. The van der Waals surface area contributed by atoms with Gasteiger partial charge in [-0.05, 0) is 6.92 Å². The van der Waals surface area contributed by atoms with E-state index in [2.05, 4.69) is 4.74 Å². The lowest BCUT2D eigenvalue weighted by Crippen LogP contribution is -2.10. The van der Waals surface area contributed by atoms with Crippen LogP contribution in [0.5, 0.6) is 0 Å². The molecule has 0 bridgehead atoms. The quantitative estimate of drug-likeness (QED) is 0.459. The fraction of sp³-hybridized carbons (Fsp3) is 0.833. The topological polar surface area (TPSA) is 26.3 Å². The molecule has 0 aromatic rings. The van der Waals surface area contributed by atoms with Crippen molar-refractivity contribution in [2.75, 3.05) is 6.61 Å². The van der Waals surface area contributed by atoms with Crippen molar-refractivity contribution in [2.45, 2.75) is 18.5 Å². The first kappa shape index (κ1) is 7.79. The second-order valence-corrected chi connectivity index (χ2v) is 2.90. The molecule has 0 heterocycles. The summed E-state index contributed by atoms with van der Waals surface area (Å²) in [6.07, 6.45) is 0.0907. The van der Waals surface area contributed by atoms with Crippen molar-refractivity contribution in [3.8, 4) is 0 Å². The molecule has 10 heavy (non-hydrogen) atoms. The Morgan fingerprint density at radius 1 is 2.00 bits per heavy atom. The fourth-order valence-corrected chi connectivity index (χ4v) is 0.955. The summed E-state index contributed by atoms with van der Waals surface area (Å²) in [4.78, 5) is 10.7. The zero-order valence-corrected chi connectivity index (χ0v) is 6.32. The lowest BCUT2D eigenvalue weighted by Gasteiger charge is -1.98. The van der Waals surface area contributed by atoms with Gasteiger partial charge in [0, 0.05) is 6.42 Å². The van der Waals surface area contributed by atoms with Crippen molar-refractivity contribution in [1.29, 1.82) is 0 Å². The number of halogens is 2. The molecule has 0 N–H and O–H groups in total. The zero-order valence-electron chi connectivity index (χ0n) is 5.56. The maximum atomic E-state index is 12.5. The Morgan fingerprint density at radius 3 is 2.80 bits per heavy atom. The lowest BCUT2D eigenvalue weighted by atomic mass is 10.4. The van der Waals surface area contributed by atoms with Gasteiger partial charge in [0.15, 0.2) is 5.13 Å². The molecule has 0 radical (unpaired) electrons. The van der Waals surface area contributed by atoms with Gasteiger partial charge in [-0.3, -0.25) is 4.79 Å². The van der Waals surface area contributed by atoms with Gasteiger partial charge in [-0.2, -0.15) is 0 Å². The molecule has 1 fully saturated rings. The molecule has 1 aliphatic rings. The molecule has 0 amide bonds. The maximum Gasteiger partial charge on any atom is 0.313 e. The molecule has 0 spiro atoms. The highest BCUT2D eigenvalue weighted by Gasteiger charge is 2.59. The Labute approximate surface area is 63.3 Å². The van der Waals surface area contributed by atoms with Crippen LogP contribution in [0, 0.1) is 5.92 Å². The van der Waals surface area contributed by atoms with Crippen LogP contribution in [-0.2, 0) is 9.53 Å². The van der Waals surface area contributed by atoms with E-state index in [1.54, 1.807) is 6.92 Å². The predicted molar refractivity (Wildman–Crippen MR) is 34.4 cm³/mol. The molecular formula is C6H8ClFO2. The van der Waals surface area contributed by atoms with E-state index in [0.29, 0.717) is 0 Å². The van der Waals surface area contributed by atoms with E-state index < -0.39 is 17.0 Å². The van der Waals surface area contributed by atoms with Crippen molar-refractivity contribution in [3.05, 3.63) is 0 Å². The molecule has 0 unspecified atom stereocenters. The Balaban J connectivity index is 2.33. The van der Waals surface area contributed by atoms with E-state index >= 15 is 0 Å². The molecule has 4 heteroatoms. The van der Waals surface area contributed by atoms with E-state index in [1.165, 1.54) is 0 Å². The number of ether oxygens (including phenoxy) is 1. The highest BCUT2D eigenvalue weighted by molar-refractivity contribution is 6.26. The van der Waals surface area contributed by atoms with Gasteiger partial charge >= 0.3 is 5.97 Å². The Bertz CT molecular complexity index is 158. The minimum absolute atomic E-state index is 0.0907. The summed E-state index contributed by atoms with van der Waals surface area (Å²) in [5, 5.41) is -1.81. The summed E-state index contributed by atoms with van der Waals surface area (Å²) in [5.41, 5.74) is 0. The second kappa shape index (κ2) is 2.38. The maximum absolute atomic E-state index is 12.5. The Morgan fingerprint density at radius 2 is 2.50 bits per heavy atom. The normalized spacial score (nSPS) is 37.3. The van der Waals surface area contributed by atoms with Crippen LogP contribution < -0.4 is 0 Å². The number of esters is 1. The Hall–Kier alpha value is -0.310. The molecular weight excluding hydrogens is 159 g/mol. The zero-order chi connectivity index (χ0) is 7.78. The van der Waals surface area contributed by atoms with Crippen LogP contribution in [0.4, 0.5) is 4.39 Å². The molecule has 0 aliphatic heterocycles. The van der Waals surface area contributed by atoms with Gasteiger partial charge in [-0.25, -0.2) is 4.39 Å². The predicted octanol–water partition coefficient (Wildman–Crippen LogP) is 1.47. The average molecular weight is 167 g/mol. The van der Waals surface area contributed by atoms with E-state index in [-0.39, 0.29) is 13.0 Å². The van der Waals surface area contributed by atoms with Crippen LogP contribution in [0.1, 0.15) is 13.3 Å². The summed E-state index contributed by atoms with van der Waals surface area (Å²) in [7, 11) is 0.